The molecule has 0 N–H and O–H groups in total. The van der Waals surface area contributed by atoms with Crippen molar-refractivity contribution in [2.75, 3.05) is 24.6 Å². The SMILES string of the molecule is CCCCP(=S)([S-])CCCC.CCCCP(=S)([S-])CCCC.[Zn+2]. The zero-order valence-electron chi connectivity index (χ0n) is 15.7. The molecule has 0 amide bonds. The fourth-order valence-electron chi connectivity index (χ4n) is 1.82. The smallest absolute Gasteiger partial charge is 0.746 e. The van der Waals surface area contributed by atoms with E-state index in [9.17, 15) is 0 Å². The second-order valence-corrected chi connectivity index (χ2v) is 20.8. The average Bonchev–Trinajstić information content (AvgIpc) is 2.48. The Bertz CT molecular complexity index is 282. The van der Waals surface area contributed by atoms with Crippen LogP contribution in [0, 0.1) is 0 Å². The average molecular weight is 484 g/mol. The minimum Gasteiger partial charge on any atom is -0.746 e. The molecule has 0 aliphatic rings. The third-order valence-electron chi connectivity index (χ3n) is 3.41. The van der Waals surface area contributed by atoms with Crippen molar-refractivity contribution in [1.82, 2.24) is 0 Å². The molecule has 0 saturated heterocycles. The Labute approximate surface area is 180 Å². The van der Waals surface area contributed by atoms with Crippen LogP contribution in [0.2, 0.25) is 0 Å². The second kappa shape index (κ2) is 19.4. The van der Waals surface area contributed by atoms with Gasteiger partial charge in [0.15, 0.2) is 0 Å². The first-order valence-electron chi connectivity index (χ1n) is 8.82. The summed E-state index contributed by atoms with van der Waals surface area (Å²) in [5.74, 6) is 0. The zero-order valence-corrected chi connectivity index (χ0v) is 23.7. The minimum absolute atomic E-state index is 0. The summed E-state index contributed by atoms with van der Waals surface area (Å²) in [6.45, 7) is 8.80. The van der Waals surface area contributed by atoms with E-state index in [0.29, 0.717) is 0 Å². The molecule has 0 nitrogen and oxygen atoms in total. The molecule has 0 atom stereocenters. The van der Waals surface area contributed by atoms with Gasteiger partial charge in [0.2, 0.25) is 0 Å². The van der Waals surface area contributed by atoms with Crippen LogP contribution in [0.5, 0.6) is 0 Å². The quantitative estimate of drug-likeness (QED) is 0.165. The van der Waals surface area contributed by atoms with E-state index in [4.69, 9.17) is 48.1 Å². The van der Waals surface area contributed by atoms with Gasteiger partial charge in [-0.1, -0.05) is 79.1 Å². The summed E-state index contributed by atoms with van der Waals surface area (Å²) in [7, 11) is 0. The molecule has 0 radical (unpaired) electrons. The number of rotatable bonds is 12. The summed E-state index contributed by atoms with van der Waals surface area (Å²) in [5, 5.41) is -2.62. The molecule has 0 saturated carbocycles. The maximum atomic E-state index is 5.40. The summed E-state index contributed by atoms with van der Waals surface area (Å²) >= 11 is 21.6. The van der Waals surface area contributed by atoms with E-state index >= 15 is 0 Å². The van der Waals surface area contributed by atoms with Gasteiger partial charge in [-0.25, -0.2) is 0 Å². The molecule has 0 aromatic carbocycles. The molecule has 0 spiro atoms. The molecule has 7 heteroatoms. The minimum atomic E-state index is -1.31. The van der Waals surface area contributed by atoms with Gasteiger partial charge in [0.1, 0.15) is 0 Å². The molecule has 0 bridgehead atoms. The van der Waals surface area contributed by atoms with Gasteiger partial charge in [-0.2, -0.15) is 10.5 Å². The summed E-state index contributed by atoms with van der Waals surface area (Å²) in [6, 6.07) is 0. The zero-order chi connectivity index (χ0) is 17.5. The van der Waals surface area contributed by atoms with Crippen molar-refractivity contribution in [3.8, 4) is 0 Å². The van der Waals surface area contributed by atoms with Crippen LogP contribution in [0.25, 0.3) is 0 Å². The van der Waals surface area contributed by atoms with Gasteiger partial charge in [-0.3, -0.25) is 0 Å². The van der Waals surface area contributed by atoms with Gasteiger partial charge in [-0.05, 0) is 24.6 Å². The second-order valence-electron chi connectivity index (χ2n) is 5.94. The topological polar surface area (TPSA) is 0 Å². The Kier molecular flexibility index (Phi) is 25.6. The van der Waals surface area contributed by atoms with Crippen LogP contribution in [0.15, 0.2) is 0 Å². The van der Waals surface area contributed by atoms with E-state index in [-0.39, 0.29) is 19.5 Å². The molecule has 23 heavy (non-hydrogen) atoms. The van der Waals surface area contributed by atoms with E-state index in [0.717, 1.165) is 24.6 Å². The fraction of sp³-hybridized carbons (Fsp3) is 1.00. The van der Waals surface area contributed by atoms with E-state index < -0.39 is 10.5 Å². The van der Waals surface area contributed by atoms with E-state index in [1.807, 2.05) is 0 Å². The third-order valence-corrected chi connectivity index (χ3v) is 11.8. The number of unbranched alkanes of at least 4 members (excludes halogenated alkanes) is 4. The maximum absolute atomic E-state index is 5.40. The van der Waals surface area contributed by atoms with Crippen molar-refractivity contribution in [3.05, 3.63) is 0 Å². The first-order valence-corrected chi connectivity index (χ1v) is 17.2. The molecule has 136 valence electrons. The number of hydrogen-bond acceptors (Lipinski definition) is 4. The predicted molar refractivity (Wildman–Crippen MR) is 122 cm³/mol. The Morgan fingerprint density at radius 1 is 0.565 bits per heavy atom. The van der Waals surface area contributed by atoms with Gasteiger partial charge in [0.05, 0.1) is 0 Å². The van der Waals surface area contributed by atoms with Gasteiger partial charge in [0.25, 0.3) is 0 Å². The standard InChI is InChI=1S/2C8H19PS2.Zn/c2*1-3-5-7-9(10,11)8-6-4-2;/h2*3-8H2,1-2H3,(H,10,11);/q;;+2/p-2. The van der Waals surface area contributed by atoms with Crippen molar-refractivity contribution in [2.45, 2.75) is 79.1 Å². The van der Waals surface area contributed by atoms with Crippen molar-refractivity contribution in [2.24, 2.45) is 0 Å². The first kappa shape index (κ1) is 30.4. The number of hydrogen-bond donors (Lipinski definition) is 0. The van der Waals surface area contributed by atoms with Crippen molar-refractivity contribution < 1.29 is 19.5 Å². The van der Waals surface area contributed by atoms with Crippen LogP contribution in [0.1, 0.15) is 79.1 Å². The Balaban J connectivity index is -0.000000333. The maximum Gasteiger partial charge on any atom is 2.00 e. The monoisotopic (exact) mass is 482 g/mol. The molecule has 0 aliphatic heterocycles. The van der Waals surface area contributed by atoms with Crippen LogP contribution < -0.4 is 0 Å². The van der Waals surface area contributed by atoms with E-state index in [2.05, 4.69) is 27.7 Å². The molecule has 0 aromatic heterocycles. The van der Waals surface area contributed by atoms with Crippen molar-refractivity contribution >= 4 is 58.6 Å². The molecule has 0 rings (SSSR count). The summed E-state index contributed by atoms with van der Waals surface area (Å²) in [6.07, 6.45) is 14.5. The van der Waals surface area contributed by atoms with Gasteiger partial charge in [0, 0.05) is 0 Å². The predicted octanol–water partition coefficient (Wildman–Crippen LogP) is 7.05. The van der Waals surface area contributed by atoms with Crippen LogP contribution in [-0.2, 0) is 67.6 Å². The molecular weight excluding hydrogens is 448 g/mol. The van der Waals surface area contributed by atoms with Gasteiger partial charge in [-0.15, -0.1) is 23.6 Å². The molecule has 0 fully saturated rings. The van der Waals surface area contributed by atoms with E-state index in [1.165, 1.54) is 51.4 Å². The van der Waals surface area contributed by atoms with Crippen LogP contribution >= 0.6 is 10.5 Å². The Hall–Kier alpha value is 2.62. The van der Waals surface area contributed by atoms with Crippen LogP contribution in [0.3, 0.4) is 0 Å². The first-order chi connectivity index (χ1) is 10.2. The molecule has 0 aromatic rings. The summed E-state index contributed by atoms with van der Waals surface area (Å²) in [5.41, 5.74) is 0. The molecule has 0 unspecified atom stereocenters. The third kappa shape index (κ3) is 24.6. The van der Waals surface area contributed by atoms with Gasteiger partial charge < -0.3 is 24.5 Å². The Morgan fingerprint density at radius 2 is 0.739 bits per heavy atom. The fourth-order valence-corrected chi connectivity index (χ4v) is 8.56. The van der Waals surface area contributed by atoms with Crippen molar-refractivity contribution in [1.29, 1.82) is 0 Å². The van der Waals surface area contributed by atoms with Crippen LogP contribution in [-0.4, -0.2) is 24.6 Å². The van der Waals surface area contributed by atoms with E-state index in [1.54, 1.807) is 0 Å². The summed E-state index contributed by atoms with van der Waals surface area (Å²) < 4.78 is 0. The molecule has 0 heterocycles. The normalized spacial score (nSPS) is 11.4. The summed E-state index contributed by atoms with van der Waals surface area (Å²) in [4.78, 5) is 0. The van der Waals surface area contributed by atoms with Gasteiger partial charge >= 0.3 is 19.5 Å². The molecule has 0 aliphatic carbocycles. The molecular formula is C16H36P2S4Zn. The largest absolute Gasteiger partial charge is 2.00 e. The van der Waals surface area contributed by atoms with Crippen LogP contribution in [0.4, 0.5) is 0 Å². The Morgan fingerprint density at radius 3 is 0.870 bits per heavy atom. The van der Waals surface area contributed by atoms with Crippen molar-refractivity contribution in [3.63, 3.8) is 0 Å².